The summed E-state index contributed by atoms with van der Waals surface area (Å²) in [6.07, 6.45) is -0.00579. The van der Waals surface area contributed by atoms with Crippen LogP contribution in [0.25, 0.3) is 10.9 Å². The molecule has 1 aromatic heterocycles. The van der Waals surface area contributed by atoms with Crippen molar-refractivity contribution in [2.24, 2.45) is 0 Å². The number of hydrogen-bond donors (Lipinski definition) is 2. The van der Waals surface area contributed by atoms with Gasteiger partial charge >= 0.3 is 0 Å². The van der Waals surface area contributed by atoms with E-state index in [0.29, 0.717) is 29.4 Å². The van der Waals surface area contributed by atoms with Crippen molar-refractivity contribution >= 4 is 40.8 Å². The van der Waals surface area contributed by atoms with E-state index >= 15 is 0 Å². The Hall–Kier alpha value is -3.46. The molecule has 0 radical (unpaired) electrons. The van der Waals surface area contributed by atoms with E-state index in [4.69, 9.17) is 21.7 Å². The van der Waals surface area contributed by atoms with E-state index in [0.717, 1.165) is 10.9 Å². The van der Waals surface area contributed by atoms with E-state index in [-0.39, 0.29) is 29.8 Å². The van der Waals surface area contributed by atoms with Crippen molar-refractivity contribution in [1.82, 2.24) is 14.9 Å². The predicted molar refractivity (Wildman–Crippen MR) is 108 cm³/mol. The van der Waals surface area contributed by atoms with Crippen molar-refractivity contribution in [3.63, 3.8) is 0 Å². The number of benzene rings is 2. The summed E-state index contributed by atoms with van der Waals surface area (Å²) in [5, 5.41) is 6.77. The number of nitrogens with zero attached hydrogens (tertiary/aromatic N) is 2. The van der Waals surface area contributed by atoms with E-state index in [1.54, 1.807) is 0 Å². The monoisotopic (exact) mass is 408 g/mol. The molecule has 3 heterocycles. The number of carbonyl (C=O) groups excluding carboxylic acids is 2. The van der Waals surface area contributed by atoms with Gasteiger partial charge in [0.1, 0.15) is 11.9 Å². The summed E-state index contributed by atoms with van der Waals surface area (Å²) in [5.74, 6) is 1.41. The molecule has 0 saturated heterocycles. The van der Waals surface area contributed by atoms with Gasteiger partial charge in [-0.3, -0.25) is 9.59 Å². The van der Waals surface area contributed by atoms with Crippen LogP contribution in [0.3, 0.4) is 0 Å². The SMILES string of the molecule is O=C(C[C@@H]1Nc2c3ccccc3nc(=S)n2C1=O)NCc1ccc2c(c1)OCO2. The van der Waals surface area contributed by atoms with Gasteiger partial charge < -0.3 is 20.1 Å². The molecule has 0 unspecified atom stereocenters. The highest BCUT2D eigenvalue weighted by Crippen LogP contribution is 2.32. The van der Waals surface area contributed by atoms with Crippen LogP contribution in [0.2, 0.25) is 0 Å². The molecule has 1 atom stereocenters. The van der Waals surface area contributed by atoms with Crippen molar-refractivity contribution in [1.29, 1.82) is 0 Å². The number of aromatic nitrogens is 2. The molecule has 3 aromatic rings. The number of fused-ring (bicyclic) bond motifs is 4. The van der Waals surface area contributed by atoms with Gasteiger partial charge in [0.05, 0.1) is 11.9 Å². The van der Waals surface area contributed by atoms with Crippen LogP contribution < -0.4 is 20.1 Å². The Morgan fingerprint density at radius 3 is 2.97 bits per heavy atom. The Balaban J connectivity index is 1.29. The molecular weight excluding hydrogens is 392 g/mol. The van der Waals surface area contributed by atoms with Gasteiger partial charge in [-0.2, -0.15) is 0 Å². The average molecular weight is 408 g/mol. The van der Waals surface area contributed by atoms with Gasteiger partial charge in [-0.1, -0.05) is 18.2 Å². The number of anilines is 1. The van der Waals surface area contributed by atoms with Crippen LogP contribution in [0.4, 0.5) is 5.82 Å². The fourth-order valence-corrected chi connectivity index (χ4v) is 3.80. The highest BCUT2D eigenvalue weighted by atomic mass is 32.1. The Labute approximate surface area is 170 Å². The second kappa shape index (κ2) is 6.85. The Bertz CT molecular complexity index is 1220. The van der Waals surface area contributed by atoms with E-state index in [2.05, 4.69) is 15.6 Å². The summed E-state index contributed by atoms with van der Waals surface area (Å²) >= 11 is 5.27. The van der Waals surface area contributed by atoms with Crippen LogP contribution in [0, 0.1) is 4.77 Å². The highest BCUT2D eigenvalue weighted by Gasteiger charge is 2.33. The number of carbonyl (C=O) groups is 2. The second-order valence-corrected chi connectivity index (χ2v) is 7.16. The van der Waals surface area contributed by atoms with Crippen LogP contribution in [0.15, 0.2) is 42.5 Å². The molecule has 8 nitrogen and oxygen atoms in total. The Morgan fingerprint density at radius 2 is 2.07 bits per heavy atom. The normalized spacial score (nSPS) is 16.6. The molecule has 5 rings (SSSR count). The van der Waals surface area contributed by atoms with Gasteiger partial charge in [-0.05, 0) is 42.0 Å². The minimum Gasteiger partial charge on any atom is -0.454 e. The average Bonchev–Trinajstić information content (AvgIpc) is 3.31. The Kier molecular flexibility index (Phi) is 4.17. The maximum atomic E-state index is 12.8. The minimum absolute atomic E-state index is 0.00579. The van der Waals surface area contributed by atoms with Crippen LogP contribution in [-0.4, -0.2) is 34.2 Å². The summed E-state index contributed by atoms with van der Waals surface area (Å²) in [4.78, 5) is 29.5. The first-order valence-electron chi connectivity index (χ1n) is 9.08. The molecule has 0 fully saturated rings. The number of rotatable bonds is 4. The van der Waals surface area contributed by atoms with E-state index < -0.39 is 6.04 Å². The van der Waals surface area contributed by atoms with Crippen molar-refractivity contribution in [2.45, 2.75) is 19.0 Å². The first kappa shape index (κ1) is 17.6. The fraction of sp³-hybridized carbons (Fsp3) is 0.200. The molecule has 0 aliphatic carbocycles. The molecule has 2 aliphatic heterocycles. The van der Waals surface area contributed by atoms with Gasteiger partial charge in [0.25, 0.3) is 5.91 Å². The first-order chi connectivity index (χ1) is 14.1. The highest BCUT2D eigenvalue weighted by molar-refractivity contribution is 7.71. The van der Waals surface area contributed by atoms with Crippen molar-refractivity contribution in [2.75, 3.05) is 12.1 Å². The first-order valence-corrected chi connectivity index (χ1v) is 9.49. The number of para-hydroxylation sites is 1. The largest absolute Gasteiger partial charge is 0.454 e. The lowest BCUT2D eigenvalue weighted by atomic mass is 10.1. The van der Waals surface area contributed by atoms with E-state index in [1.807, 2.05) is 42.5 Å². The molecule has 2 aromatic carbocycles. The maximum absolute atomic E-state index is 12.8. The molecule has 9 heteroatoms. The van der Waals surface area contributed by atoms with E-state index in [1.165, 1.54) is 4.57 Å². The van der Waals surface area contributed by atoms with E-state index in [9.17, 15) is 9.59 Å². The van der Waals surface area contributed by atoms with Gasteiger partial charge in [0.2, 0.25) is 17.5 Å². The molecular formula is C20H16N4O4S. The zero-order valence-electron chi connectivity index (χ0n) is 15.2. The quantitative estimate of drug-likeness (QED) is 0.641. The maximum Gasteiger partial charge on any atom is 0.257 e. The number of nitrogens with one attached hydrogen (secondary N) is 2. The van der Waals surface area contributed by atoms with Gasteiger partial charge in [-0.25, -0.2) is 9.55 Å². The van der Waals surface area contributed by atoms with Gasteiger partial charge in [-0.15, -0.1) is 0 Å². The summed E-state index contributed by atoms with van der Waals surface area (Å²) in [6, 6.07) is 12.2. The van der Waals surface area contributed by atoms with Crippen LogP contribution in [0.5, 0.6) is 11.5 Å². The van der Waals surface area contributed by atoms with Crippen molar-refractivity contribution in [3.05, 3.63) is 52.8 Å². The molecule has 2 aliphatic rings. The molecule has 0 spiro atoms. The molecule has 29 heavy (non-hydrogen) atoms. The third kappa shape index (κ3) is 3.09. The molecule has 0 saturated carbocycles. The molecule has 2 N–H and O–H groups in total. The lowest BCUT2D eigenvalue weighted by molar-refractivity contribution is -0.121. The summed E-state index contributed by atoms with van der Waals surface area (Å²) in [5.41, 5.74) is 1.59. The topological polar surface area (TPSA) is 94.5 Å². The van der Waals surface area contributed by atoms with Crippen molar-refractivity contribution in [3.8, 4) is 11.5 Å². The lowest BCUT2D eigenvalue weighted by Gasteiger charge is -2.10. The van der Waals surface area contributed by atoms with Crippen LogP contribution in [0.1, 0.15) is 16.8 Å². The third-order valence-electron chi connectivity index (χ3n) is 4.94. The van der Waals surface area contributed by atoms with Crippen molar-refractivity contribution < 1.29 is 19.1 Å². The second-order valence-electron chi connectivity index (χ2n) is 6.80. The standard InChI is InChI=1S/C20H16N4O4S/c25-17(21-9-11-5-6-15-16(7-11)28-10-27-15)8-14-19(26)24-18(22-14)12-3-1-2-4-13(12)23-20(24)29/h1-7,14,22H,8-10H2,(H,21,25)/t14-/m0/s1. The van der Waals surface area contributed by atoms with Gasteiger partial charge in [0.15, 0.2) is 11.5 Å². The third-order valence-corrected chi connectivity index (χ3v) is 5.21. The molecule has 146 valence electrons. The minimum atomic E-state index is -0.693. The lowest BCUT2D eigenvalue weighted by Crippen LogP contribution is -2.33. The predicted octanol–water partition coefficient (Wildman–Crippen LogP) is 2.64. The van der Waals surface area contributed by atoms with Gasteiger partial charge in [0, 0.05) is 11.9 Å². The molecule has 0 bridgehead atoms. The smallest absolute Gasteiger partial charge is 0.257 e. The summed E-state index contributed by atoms with van der Waals surface area (Å²) < 4.78 is 12.2. The zero-order valence-corrected chi connectivity index (χ0v) is 16.0. The number of ether oxygens (including phenoxy) is 2. The Morgan fingerprint density at radius 1 is 1.24 bits per heavy atom. The number of amides is 1. The fourth-order valence-electron chi connectivity index (χ4n) is 3.52. The van der Waals surface area contributed by atoms with Crippen LogP contribution in [-0.2, 0) is 11.3 Å². The zero-order chi connectivity index (χ0) is 20.0. The molecule has 1 amide bonds. The van der Waals surface area contributed by atoms with Crippen LogP contribution >= 0.6 is 12.2 Å². The summed E-state index contributed by atoms with van der Waals surface area (Å²) in [6.45, 7) is 0.528. The summed E-state index contributed by atoms with van der Waals surface area (Å²) in [7, 11) is 0. The number of hydrogen-bond acceptors (Lipinski definition) is 7.